The van der Waals surface area contributed by atoms with E-state index in [2.05, 4.69) is 33.9 Å². The van der Waals surface area contributed by atoms with Gasteiger partial charge in [-0.25, -0.2) is 4.79 Å². The van der Waals surface area contributed by atoms with Gasteiger partial charge in [0.25, 0.3) is 0 Å². The Morgan fingerprint density at radius 3 is 2.55 bits per heavy atom. The summed E-state index contributed by atoms with van der Waals surface area (Å²) in [6, 6.07) is 12.3. The topological polar surface area (TPSA) is 84.9 Å². The van der Waals surface area contributed by atoms with Gasteiger partial charge in [0.1, 0.15) is 11.9 Å². The molecular weight excluding hydrogens is 458 g/mol. The smallest absolute Gasteiger partial charge is 0.412 e. The van der Waals surface area contributed by atoms with E-state index in [0.29, 0.717) is 17.7 Å². The van der Waals surface area contributed by atoms with E-state index in [1.54, 1.807) is 24.3 Å². The van der Waals surface area contributed by atoms with E-state index in [1.165, 1.54) is 6.07 Å². The lowest BCUT2D eigenvalue weighted by Crippen LogP contribution is -2.23. The van der Waals surface area contributed by atoms with E-state index in [4.69, 9.17) is 9.47 Å². The lowest BCUT2D eigenvalue weighted by Gasteiger charge is -2.25. The number of carbonyl (C=O) groups excluding carboxylic acids is 2. The lowest BCUT2D eigenvalue weighted by molar-refractivity contribution is -0.141. The molecule has 2 aromatic carbocycles. The number of thiol groups is 1. The Morgan fingerprint density at radius 2 is 1.90 bits per heavy atom. The first kappa shape index (κ1) is 23.1. The number of hydrogen-bond donors (Lipinski definition) is 3. The molecule has 0 heterocycles. The predicted molar refractivity (Wildman–Crippen MR) is 118 cm³/mol. The minimum absolute atomic E-state index is 0.000312. The van der Waals surface area contributed by atoms with Crippen molar-refractivity contribution in [3.63, 3.8) is 0 Å². The van der Waals surface area contributed by atoms with E-state index >= 15 is 0 Å². The van der Waals surface area contributed by atoms with Gasteiger partial charge in [0.05, 0.1) is 12.4 Å². The third kappa shape index (κ3) is 7.29. The number of ether oxygens (including phenoxy) is 2. The van der Waals surface area contributed by atoms with Crippen molar-refractivity contribution in [2.75, 3.05) is 17.7 Å². The minimum atomic E-state index is -0.743. The van der Waals surface area contributed by atoms with Gasteiger partial charge in [-0.3, -0.25) is 10.1 Å². The Hall–Kier alpha value is -2.19. The normalized spacial score (nSPS) is 12.7. The minimum Gasteiger partial charge on any atom is -0.508 e. The summed E-state index contributed by atoms with van der Waals surface area (Å²) in [7, 11) is 0. The Morgan fingerprint density at radius 1 is 1.21 bits per heavy atom. The molecule has 156 valence electrons. The molecule has 6 nitrogen and oxygen atoms in total. The standard InChI is InChI=1S/C21H24BrNO5S/c1-13-3-6-16(7-4-13)23-21(26)28-20(14(2)9-10-27-19(25)12-29)17-11-15(22)5-8-18(17)24/h3-8,11,14,20,24,29H,9-10,12H2,1-2H3,(H,23,26)/t14-,20-/m0/s1. The summed E-state index contributed by atoms with van der Waals surface area (Å²) in [4.78, 5) is 23.8. The maximum absolute atomic E-state index is 12.5. The van der Waals surface area contributed by atoms with Gasteiger partial charge in [0.15, 0.2) is 0 Å². The third-order valence-corrected chi connectivity index (χ3v) is 5.06. The zero-order valence-corrected chi connectivity index (χ0v) is 18.7. The van der Waals surface area contributed by atoms with E-state index in [-0.39, 0.29) is 24.0 Å². The fourth-order valence-electron chi connectivity index (χ4n) is 2.69. The number of anilines is 1. The van der Waals surface area contributed by atoms with Crippen molar-refractivity contribution in [1.82, 2.24) is 0 Å². The first-order valence-electron chi connectivity index (χ1n) is 9.09. The van der Waals surface area contributed by atoms with E-state index in [1.807, 2.05) is 26.0 Å². The molecular formula is C21H24BrNO5S. The second kappa shape index (κ2) is 11.1. The number of nitrogens with one attached hydrogen (secondary N) is 1. The van der Waals surface area contributed by atoms with Gasteiger partial charge in [-0.1, -0.05) is 40.5 Å². The molecule has 0 fully saturated rings. The third-order valence-electron chi connectivity index (χ3n) is 4.31. The number of carbonyl (C=O) groups is 2. The molecule has 0 saturated heterocycles. The van der Waals surface area contributed by atoms with Gasteiger partial charge < -0.3 is 14.6 Å². The van der Waals surface area contributed by atoms with Gasteiger partial charge in [-0.15, -0.1) is 0 Å². The average molecular weight is 482 g/mol. The fourth-order valence-corrected chi connectivity index (χ4v) is 3.16. The molecule has 2 rings (SSSR count). The summed E-state index contributed by atoms with van der Waals surface area (Å²) < 4.78 is 11.5. The molecule has 0 radical (unpaired) electrons. The molecule has 29 heavy (non-hydrogen) atoms. The van der Waals surface area contributed by atoms with Crippen LogP contribution in [0.4, 0.5) is 10.5 Å². The van der Waals surface area contributed by atoms with Crippen LogP contribution in [0, 0.1) is 12.8 Å². The summed E-state index contributed by atoms with van der Waals surface area (Å²) in [5, 5.41) is 13.0. The Bertz CT molecular complexity index is 843. The predicted octanol–water partition coefficient (Wildman–Crippen LogP) is 5.25. The molecule has 1 amide bonds. The Kier molecular flexibility index (Phi) is 8.85. The van der Waals surface area contributed by atoms with Gasteiger partial charge >= 0.3 is 12.1 Å². The van der Waals surface area contributed by atoms with Crippen molar-refractivity contribution < 1.29 is 24.2 Å². The van der Waals surface area contributed by atoms with Crippen molar-refractivity contribution in [1.29, 1.82) is 0 Å². The fraction of sp³-hybridized carbons (Fsp3) is 0.333. The quantitative estimate of drug-likeness (QED) is 0.354. The molecule has 0 aromatic heterocycles. The first-order valence-corrected chi connectivity index (χ1v) is 10.5. The van der Waals surface area contributed by atoms with Crippen LogP contribution >= 0.6 is 28.6 Å². The van der Waals surface area contributed by atoms with Gasteiger partial charge in [0, 0.05) is 21.6 Å². The SMILES string of the molecule is Cc1ccc(NC(=O)O[C@H](c2cc(Br)ccc2O)[C@@H](C)CCOC(=O)CS)cc1. The molecule has 0 aliphatic heterocycles. The molecule has 2 N–H and O–H groups in total. The van der Waals surface area contributed by atoms with Crippen LogP contribution in [-0.2, 0) is 14.3 Å². The number of amides is 1. The number of benzene rings is 2. The van der Waals surface area contributed by atoms with Crippen molar-refractivity contribution in [3.8, 4) is 5.75 Å². The van der Waals surface area contributed by atoms with Gasteiger partial charge in [-0.2, -0.15) is 12.6 Å². The van der Waals surface area contributed by atoms with E-state index in [9.17, 15) is 14.7 Å². The monoisotopic (exact) mass is 481 g/mol. The van der Waals surface area contributed by atoms with Crippen molar-refractivity contribution in [2.45, 2.75) is 26.4 Å². The Balaban J connectivity index is 2.14. The van der Waals surface area contributed by atoms with Crippen LogP contribution in [0.3, 0.4) is 0 Å². The van der Waals surface area contributed by atoms with Crippen LogP contribution in [0.2, 0.25) is 0 Å². The number of halogens is 1. The van der Waals surface area contributed by atoms with E-state index < -0.39 is 18.2 Å². The molecule has 0 aliphatic rings. The molecule has 0 aliphatic carbocycles. The largest absolute Gasteiger partial charge is 0.508 e. The molecule has 2 atom stereocenters. The molecule has 8 heteroatoms. The van der Waals surface area contributed by atoms with Gasteiger partial charge in [0.2, 0.25) is 0 Å². The van der Waals surface area contributed by atoms with Crippen LogP contribution in [0.15, 0.2) is 46.9 Å². The summed E-state index contributed by atoms with van der Waals surface area (Å²) >= 11 is 7.25. The lowest BCUT2D eigenvalue weighted by atomic mass is 9.94. The summed E-state index contributed by atoms with van der Waals surface area (Å²) in [6.45, 7) is 3.98. The van der Waals surface area contributed by atoms with Crippen LogP contribution in [-0.4, -0.2) is 29.5 Å². The molecule has 2 aromatic rings. The second-order valence-electron chi connectivity index (χ2n) is 6.66. The molecule has 0 saturated carbocycles. The van der Waals surface area contributed by atoms with Crippen molar-refractivity contribution >= 4 is 46.3 Å². The summed E-state index contributed by atoms with van der Waals surface area (Å²) in [5.74, 6) is -0.632. The first-order chi connectivity index (χ1) is 13.8. The van der Waals surface area contributed by atoms with Gasteiger partial charge in [-0.05, 0) is 43.7 Å². The van der Waals surface area contributed by atoms with Crippen LogP contribution in [0.25, 0.3) is 0 Å². The summed E-state index contributed by atoms with van der Waals surface area (Å²) in [6.07, 6.45) is -0.946. The van der Waals surface area contributed by atoms with Crippen LogP contribution in [0.1, 0.15) is 30.6 Å². The highest BCUT2D eigenvalue weighted by Gasteiger charge is 2.27. The number of hydrogen-bond acceptors (Lipinski definition) is 6. The van der Waals surface area contributed by atoms with Crippen molar-refractivity contribution in [3.05, 3.63) is 58.1 Å². The second-order valence-corrected chi connectivity index (χ2v) is 7.90. The number of aryl methyl sites for hydroxylation is 1. The highest BCUT2D eigenvalue weighted by atomic mass is 79.9. The zero-order chi connectivity index (χ0) is 21.4. The maximum atomic E-state index is 12.5. The Labute approximate surface area is 184 Å². The molecule has 0 spiro atoms. The zero-order valence-electron chi connectivity index (χ0n) is 16.2. The highest BCUT2D eigenvalue weighted by Crippen LogP contribution is 2.36. The number of rotatable bonds is 8. The number of esters is 1. The maximum Gasteiger partial charge on any atom is 0.412 e. The van der Waals surface area contributed by atoms with Crippen molar-refractivity contribution in [2.24, 2.45) is 5.92 Å². The van der Waals surface area contributed by atoms with E-state index in [0.717, 1.165) is 10.0 Å². The number of phenols is 1. The number of aromatic hydroxyl groups is 1. The molecule has 0 bridgehead atoms. The average Bonchev–Trinajstić information content (AvgIpc) is 2.69. The summed E-state index contributed by atoms with van der Waals surface area (Å²) in [5.41, 5.74) is 2.14. The van der Waals surface area contributed by atoms with Crippen LogP contribution < -0.4 is 5.32 Å². The number of phenolic OH excluding ortho intramolecular Hbond substituents is 1. The highest BCUT2D eigenvalue weighted by molar-refractivity contribution is 9.10. The molecule has 0 unspecified atom stereocenters. The van der Waals surface area contributed by atoms with Crippen LogP contribution in [0.5, 0.6) is 5.75 Å².